The topological polar surface area (TPSA) is 102 Å². The highest BCUT2D eigenvalue weighted by Gasteiger charge is 2.28. The van der Waals surface area contributed by atoms with E-state index in [0.717, 1.165) is 40.8 Å². The normalized spacial score (nSPS) is 16.6. The molecule has 0 spiro atoms. The number of likely N-dealkylation sites (tertiary alicyclic amines) is 1. The van der Waals surface area contributed by atoms with E-state index in [1.165, 1.54) is 0 Å². The van der Waals surface area contributed by atoms with Gasteiger partial charge in [0.2, 0.25) is 0 Å². The number of ether oxygens (including phenoxy) is 3. The van der Waals surface area contributed by atoms with Crippen molar-refractivity contribution in [3.8, 4) is 11.8 Å². The summed E-state index contributed by atoms with van der Waals surface area (Å²) in [5.74, 6) is 0.888. The molecule has 10 heteroatoms. The van der Waals surface area contributed by atoms with E-state index in [1.807, 2.05) is 31.4 Å². The third-order valence-electron chi connectivity index (χ3n) is 6.57. The van der Waals surface area contributed by atoms with Crippen molar-refractivity contribution in [3.05, 3.63) is 30.2 Å². The van der Waals surface area contributed by atoms with E-state index in [2.05, 4.69) is 35.7 Å². The zero-order valence-electron chi connectivity index (χ0n) is 23.4. The number of aromatic nitrogens is 3. The fraction of sp³-hybridized carbons (Fsp3) is 0.571. The molecule has 4 heterocycles. The Morgan fingerprint density at radius 3 is 2.76 bits per heavy atom. The highest BCUT2D eigenvalue weighted by Crippen LogP contribution is 2.35. The lowest BCUT2D eigenvalue weighted by Crippen LogP contribution is -2.44. The number of nitrogens with zero attached hydrogens (tertiary/aromatic N) is 5. The molecule has 1 saturated heterocycles. The van der Waals surface area contributed by atoms with Crippen LogP contribution in [0.15, 0.2) is 24.5 Å². The second-order valence-corrected chi connectivity index (χ2v) is 17.8. The quantitative estimate of drug-likeness (QED) is 0.264. The van der Waals surface area contributed by atoms with Crippen molar-refractivity contribution in [3.63, 3.8) is 0 Å². The Kier molecular flexibility index (Phi) is 8.28. The van der Waals surface area contributed by atoms with Crippen LogP contribution in [0.1, 0.15) is 39.3 Å². The van der Waals surface area contributed by atoms with Gasteiger partial charge >= 0.3 is 6.09 Å². The van der Waals surface area contributed by atoms with Crippen molar-refractivity contribution < 1.29 is 19.0 Å². The molecule has 0 saturated carbocycles. The fourth-order valence-electron chi connectivity index (χ4n) is 4.62. The number of rotatable bonds is 8. The molecular weight excluding hydrogens is 498 g/mol. The number of nitriles is 1. The van der Waals surface area contributed by atoms with Crippen molar-refractivity contribution in [2.75, 3.05) is 26.3 Å². The van der Waals surface area contributed by atoms with Crippen molar-refractivity contribution in [1.82, 2.24) is 19.4 Å². The zero-order valence-corrected chi connectivity index (χ0v) is 24.4. The standard InChI is InChI=1S/C28H39N5O4Si/c1-28(2,3)37-27(34)32-11-7-8-20(17-32)18-36-24-9-10-30-26-25(24)22-14-21(15-29)31-16-23(22)33(26)19-35-12-13-38(4,5)6/h9-10,14,16,20H,7-8,11-13,17-19H2,1-6H3/t20-/m1/s1. The summed E-state index contributed by atoms with van der Waals surface area (Å²) in [7, 11) is -1.21. The Morgan fingerprint density at radius 2 is 2.05 bits per heavy atom. The Hall–Kier alpha value is -3.16. The molecule has 0 radical (unpaired) electrons. The molecule has 3 aromatic heterocycles. The summed E-state index contributed by atoms with van der Waals surface area (Å²) in [6.07, 6.45) is 5.05. The highest BCUT2D eigenvalue weighted by atomic mass is 28.3. The second-order valence-electron chi connectivity index (χ2n) is 12.2. The van der Waals surface area contributed by atoms with E-state index >= 15 is 0 Å². The summed E-state index contributed by atoms with van der Waals surface area (Å²) in [6.45, 7) is 15.4. The maximum atomic E-state index is 12.6. The van der Waals surface area contributed by atoms with Crippen LogP contribution in [0.4, 0.5) is 4.79 Å². The maximum Gasteiger partial charge on any atom is 0.410 e. The molecule has 1 aliphatic rings. The highest BCUT2D eigenvalue weighted by molar-refractivity contribution is 6.76. The largest absolute Gasteiger partial charge is 0.492 e. The molecule has 204 valence electrons. The van der Waals surface area contributed by atoms with Crippen LogP contribution >= 0.6 is 0 Å². The number of pyridine rings is 2. The van der Waals surface area contributed by atoms with Gasteiger partial charge in [0.05, 0.1) is 23.7 Å². The fourth-order valence-corrected chi connectivity index (χ4v) is 5.37. The average Bonchev–Trinajstić information content (AvgIpc) is 3.17. The van der Waals surface area contributed by atoms with Crippen LogP contribution in [0.2, 0.25) is 25.7 Å². The number of piperidine rings is 1. The van der Waals surface area contributed by atoms with Gasteiger partial charge in [0.1, 0.15) is 35.5 Å². The van der Waals surface area contributed by atoms with E-state index in [-0.39, 0.29) is 12.0 Å². The summed E-state index contributed by atoms with van der Waals surface area (Å²) >= 11 is 0. The average molecular weight is 538 g/mol. The van der Waals surface area contributed by atoms with Crippen molar-refractivity contribution in [2.24, 2.45) is 5.92 Å². The molecule has 1 amide bonds. The summed E-state index contributed by atoms with van der Waals surface area (Å²) < 4.78 is 20.0. The van der Waals surface area contributed by atoms with Crippen molar-refractivity contribution in [2.45, 2.75) is 71.6 Å². The van der Waals surface area contributed by atoms with Gasteiger partial charge in [0.15, 0.2) is 0 Å². The Morgan fingerprint density at radius 1 is 1.26 bits per heavy atom. The van der Waals surface area contributed by atoms with Crippen LogP contribution in [0.3, 0.4) is 0 Å². The summed E-state index contributed by atoms with van der Waals surface area (Å²) in [5.41, 5.74) is 1.41. The molecule has 9 nitrogen and oxygen atoms in total. The Labute approximate surface area is 225 Å². The number of carbonyl (C=O) groups is 1. The minimum absolute atomic E-state index is 0.189. The van der Waals surface area contributed by atoms with Gasteiger partial charge in [-0.25, -0.2) is 14.8 Å². The molecule has 0 aromatic carbocycles. The van der Waals surface area contributed by atoms with Gasteiger partial charge in [-0.3, -0.25) is 4.57 Å². The van der Waals surface area contributed by atoms with Gasteiger partial charge in [-0.15, -0.1) is 0 Å². The number of amides is 1. The molecular formula is C28H39N5O4Si. The minimum Gasteiger partial charge on any atom is -0.492 e. The molecule has 0 unspecified atom stereocenters. The first-order valence-corrected chi connectivity index (χ1v) is 17.0. The van der Waals surface area contributed by atoms with Gasteiger partial charge in [-0.1, -0.05) is 19.6 Å². The third kappa shape index (κ3) is 6.82. The number of hydrogen-bond donors (Lipinski definition) is 0. The van der Waals surface area contributed by atoms with E-state index in [9.17, 15) is 10.1 Å². The van der Waals surface area contributed by atoms with Gasteiger partial charge in [0, 0.05) is 45.3 Å². The Balaban J connectivity index is 1.56. The van der Waals surface area contributed by atoms with Crippen LogP contribution in [0.25, 0.3) is 21.9 Å². The van der Waals surface area contributed by atoms with Crippen molar-refractivity contribution in [1.29, 1.82) is 5.26 Å². The number of hydrogen-bond acceptors (Lipinski definition) is 7. The van der Waals surface area contributed by atoms with Crippen LogP contribution in [-0.2, 0) is 16.2 Å². The smallest absolute Gasteiger partial charge is 0.410 e. The monoisotopic (exact) mass is 537 g/mol. The first-order valence-electron chi connectivity index (χ1n) is 13.3. The van der Waals surface area contributed by atoms with Gasteiger partial charge in [-0.05, 0) is 51.8 Å². The number of fused-ring (bicyclic) bond motifs is 3. The molecule has 4 rings (SSSR count). The molecule has 1 aliphatic heterocycles. The second kappa shape index (κ2) is 11.3. The van der Waals surface area contributed by atoms with Crippen molar-refractivity contribution >= 4 is 36.1 Å². The SMILES string of the molecule is CC(C)(C)OC(=O)N1CCC[C@@H](COc2ccnc3c2c2cc(C#N)ncc2n3COCC[Si](C)(C)C)C1. The molecule has 1 fully saturated rings. The lowest BCUT2D eigenvalue weighted by atomic mass is 9.99. The lowest BCUT2D eigenvalue weighted by Gasteiger charge is -2.34. The van der Waals surface area contributed by atoms with Gasteiger partial charge in [0.25, 0.3) is 0 Å². The molecule has 0 N–H and O–H groups in total. The van der Waals surface area contributed by atoms with Crippen LogP contribution < -0.4 is 4.74 Å². The van der Waals surface area contributed by atoms with E-state index in [0.29, 0.717) is 44.5 Å². The van der Waals surface area contributed by atoms with Crippen LogP contribution in [0, 0.1) is 17.2 Å². The van der Waals surface area contributed by atoms with E-state index in [1.54, 1.807) is 23.4 Å². The maximum absolute atomic E-state index is 12.6. The predicted molar refractivity (Wildman–Crippen MR) is 150 cm³/mol. The predicted octanol–water partition coefficient (Wildman–Crippen LogP) is 5.79. The Bertz CT molecular complexity index is 1340. The summed E-state index contributed by atoms with van der Waals surface area (Å²) in [5, 5.41) is 11.2. The summed E-state index contributed by atoms with van der Waals surface area (Å²) in [6, 6.07) is 6.86. The zero-order chi connectivity index (χ0) is 27.5. The van der Waals surface area contributed by atoms with Crippen LogP contribution in [0.5, 0.6) is 5.75 Å². The van der Waals surface area contributed by atoms with E-state index < -0.39 is 13.7 Å². The molecule has 1 atom stereocenters. The third-order valence-corrected chi connectivity index (χ3v) is 8.27. The molecule has 0 aliphatic carbocycles. The first kappa shape index (κ1) is 27.9. The molecule has 0 bridgehead atoms. The van der Waals surface area contributed by atoms with Gasteiger partial charge in [-0.2, -0.15) is 5.26 Å². The first-order chi connectivity index (χ1) is 17.9. The minimum atomic E-state index is -1.21. The van der Waals surface area contributed by atoms with Crippen LogP contribution in [-0.4, -0.2) is 65.5 Å². The molecule has 3 aromatic rings. The summed E-state index contributed by atoms with van der Waals surface area (Å²) in [4.78, 5) is 23.3. The van der Waals surface area contributed by atoms with E-state index in [4.69, 9.17) is 14.2 Å². The van der Waals surface area contributed by atoms with Gasteiger partial charge < -0.3 is 19.1 Å². The lowest BCUT2D eigenvalue weighted by molar-refractivity contribution is 0.0139. The molecule has 38 heavy (non-hydrogen) atoms. The number of carbonyl (C=O) groups excluding carboxylic acids is 1.